The summed E-state index contributed by atoms with van der Waals surface area (Å²) in [6.07, 6.45) is 0. The molecule has 0 amide bonds. The van der Waals surface area contributed by atoms with Crippen molar-refractivity contribution in [2.75, 3.05) is 0 Å². The molecule has 0 aromatic rings. The zero-order chi connectivity index (χ0) is 12.5. The van der Waals surface area contributed by atoms with E-state index in [-0.39, 0.29) is 0 Å². The molecule has 0 spiro atoms. The van der Waals surface area contributed by atoms with Crippen LogP contribution in [0.1, 0.15) is 0 Å². The van der Waals surface area contributed by atoms with E-state index in [1.54, 1.807) is 0 Å². The van der Waals surface area contributed by atoms with E-state index in [9.17, 15) is 30.7 Å². The Bertz CT molecular complexity index is 210. The second kappa shape index (κ2) is 2.81. The van der Waals surface area contributed by atoms with Crippen molar-refractivity contribution in [1.29, 1.82) is 0 Å². The first kappa shape index (κ1) is 13.5. The average Bonchev–Trinajstić information content (AvgIpc) is 2.04. The van der Waals surface area contributed by atoms with Gasteiger partial charge in [-0.3, -0.25) is 0 Å². The SMILES string of the molecule is OC1(Br)C(F)(F)C(F)(F)C(F)(F)C1(F)Br. The minimum atomic E-state index is -6.03. The van der Waals surface area contributed by atoms with Crippen molar-refractivity contribution in [3.8, 4) is 0 Å². The Balaban J connectivity index is 3.55. The average molecular weight is 370 g/mol. The lowest BCUT2D eigenvalue weighted by molar-refractivity contribution is -0.286. The summed E-state index contributed by atoms with van der Waals surface area (Å²) in [5.74, 6) is -17.5. The zero-order valence-electron chi connectivity index (χ0n) is 6.35. The molecule has 90 valence electrons. The maximum Gasteiger partial charge on any atom is 0.380 e. The summed E-state index contributed by atoms with van der Waals surface area (Å²) in [7, 11) is 0. The highest BCUT2D eigenvalue weighted by atomic mass is 79.9. The molecule has 1 N–H and O–H groups in total. The fourth-order valence-corrected chi connectivity index (χ4v) is 2.00. The summed E-state index contributed by atoms with van der Waals surface area (Å²) in [6.45, 7) is 0. The molecule has 1 saturated carbocycles. The summed E-state index contributed by atoms with van der Waals surface area (Å²) in [4.78, 5) is 0. The van der Waals surface area contributed by atoms with Crippen molar-refractivity contribution in [3.05, 3.63) is 0 Å². The highest BCUT2D eigenvalue weighted by molar-refractivity contribution is 9.12. The van der Waals surface area contributed by atoms with E-state index < -0.39 is 26.9 Å². The van der Waals surface area contributed by atoms with Gasteiger partial charge in [-0.05, 0) is 31.9 Å². The number of hydrogen-bond acceptors (Lipinski definition) is 1. The Morgan fingerprint density at radius 2 is 1.00 bits per heavy atom. The molecule has 0 aromatic heterocycles. The third-order valence-electron chi connectivity index (χ3n) is 2.02. The van der Waals surface area contributed by atoms with Crippen LogP contribution in [0.25, 0.3) is 0 Å². The second-order valence-electron chi connectivity index (χ2n) is 2.92. The predicted molar refractivity (Wildman–Crippen MR) is 41.5 cm³/mol. The van der Waals surface area contributed by atoms with Crippen LogP contribution in [-0.2, 0) is 0 Å². The number of rotatable bonds is 0. The van der Waals surface area contributed by atoms with E-state index in [0.717, 1.165) is 0 Å². The van der Waals surface area contributed by atoms with Crippen LogP contribution in [0.2, 0.25) is 0 Å². The molecule has 2 unspecified atom stereocenters. The van der Waals surface area contributed by atoms with Crippen molar-refractivity contribution in [2.45, 2.75) is 26.9 Å². The van der Waals surface area contributed by atoms with E-state index in [4.69, 9.17) is 5.11 Å². The van der Waals surface area contributed by atoms with Gasteiger partial charge in [-0.25, -0.2) is 4.39 Å². The Morgan fingerprint density at radius 3 is 1.07 bits per heavy atom. The van der Waals surface area contributed by atoms with E-state index >= 15 is 0 Å². The van der Waals surface area contributed by atoms with Gasteiger partial charge >= 0.3 is 17.8 Å². The lowest BCUT2D eigenvalue weighted by Gasteiger charge is -2.28. The quantitative estimate of drug-likeness (QED) is 0.514. The molecular formula is C5HBr2F7O. The van der Waals surface area contributed by atoms with E-state index in [0.29, 0.717) is 0 Å². The van der Waals surface area contributed by atoms with E-state index in [1.165, 1.54) is 31.9 Å². The van der Waals surface area contributed by atoms with E-state index in [1.807, 2.05) is 0 Å². The Hall–Kier alpha value is 0.430. The van der Waals surface area contributed by atoms with Gasteiger partial charge < -0.3 is 5.11 Å². The maximum absolute atomic E-state index is 13.1. The van der Waals surface area contributed by atoms with Crippen LogP contribution in [0.3, 0.4) is 0 Å². The first-order chi connectivity index (χ1) is 6.25. The summed E-state index contributed by atoms with van der Waals surface area (Å²) in [6, 6.07) is 0. The molecule has 1 fully saturated rings. The van der Waals surface area contributed by atoms with Crippen molar-refractivity contribution in [3.63, 3.8) is 0 Å². The summed E-state index contributed by atoms with van der Waals surface area (Å²) in [5.41, 5.74) is 0. The van der Waals surface area contributed by atoms with Gasteiger partial charge in [0.1, 0.15) is 0 Å². The molecule has 0 aliphatic heterocycles. The lowest BCUT2D eigenvalue weighted by atomic mass is 10.2. The molecule has 1 aliphatic carbocycles. The van der Waals surface area contributed by atoms with Crippen LogP contribution < -0.4 is 0 Å². The lowest BCUT2D eigenvalue weighted by Crippen LogP contribution is -2.52. The van der Waals surface area contributed by atoms with Crippen LogP contribution in [0, 0.1) is 0 Å². The first-order valence-corrected chi connectivity index (χ1v) is 4.76. The number of halogens is 9. The van der Waals surface area contributed by atoms with Gasteiger partial charge in [-0.2, -0.15) is 26.3 Å². The highest BCUT2D eigenvalue weighted by Crippen LogP contribution is 2.70. The third kappa shape index (κ3) is 1.08. The van der Waals surface area contributed by atoms with Crippen LogP contribution in [0.15, 0.2) is 0 Å². The summed E-state index contributed by atoms with van der Waals surface area (Å²) < 4.78 is 79.7. The fourth-order valence-electron chi connectivity index (χ4n) is 1.01. The predicted octanol–water partition coefficient (Wildman–Crippen LogP) is 3.05. The second-order valence-corrected chi connectivity index (χ2v) is 5.16. The standard InChI is InChI=1S/C5HBr2F7O/c6-1(8)2(7,15)4(11,12)5(13,14)3(1,9)10/h15H. The minimum absolute atomic E-state index is 1.36. The number of hydrogen-bond donors (Lipinski definition) is 1. The summed E-state index contributed by atoms with van der Waals surface area (Å²) >= 11 is 2.82. The number of alkyl halides is 9. The van der Waals surface area contributed by atoms with Gasteiger partial charge in [0.15, 0.2) is 0 Å². The molecule has 15 heavy (non-hydrogen) atoms. The third-order valence-corrected chi connectivity index (χ3v) is 4.66. The zero-order valence-corrected chi connectivity index (χ0v) is 9.52. The van der Waals surface area contributed by atoms with Crippen molar-refractivity contribution >= 4 is 31.9 Å². The smallest absolute Gasteiger partial charge is 0.370 e. The molecule has 2 atom stereocenters. The van der Waals surface area contributed by atoms with Gasteiger partial charge in [0, 0.05) is 0 Å². The largest absolute Gasteiger partial charge is 0.380 e. The molecule has 10 heteroatoms. The molecular weight excluding hydrogens is 369 g/mol. The Labute approximate surface area is 94.9 Å². The molecule has 1 nitrogen and oxygen atoms in total. The Kier molecular flexibility index (Phi) is 2.53. The van der Waals surface area contributed by atoms with Crippen molar-refractivity contribution in [1.82, 2.24) is 0 Å². The molecule has 0 heterocycles. The minimum Gasteiger partial charge on any atom is -0.370 e. The molecule has 1 rings (SSSR count). The highest BCUT2D eigenvalue weighted by Gasteiger charge is 2.97. The van der Waals surface area contributed by atoms with Gasteiger partial charge in [-0.1, -0.05) is 0 Å². The molecule has 0 aromatic carbocycles. The number of aliphatic hydroxyl groups is 1. The maximum atomic E-state index is 13.1. The fraction of sp³-hybridized carbons (Fsp3) is 1.00. The van der Waals surface area contributed by atoms with Gasteiger partial charge in [0.05, 0.1) is 0 Å². The normalized spacial score (nSPS) is 46.8. The topological polar surface area (TPSA) is 20.2 Å². The van der Waals surface area contributed by atoms with Crippen molar-refractivity contribution < 1.29 is 35.8 Å². The van der Waals surface area contributed by atoms with E-state index in [2.05, 4.69) is 0 Å². The Morgan fingerprint density at radius 1 is 0.667 bits per heavy atom. The van der Waals surface area contributed by atoms with Crippen LogP contribution in [-0.4, -0.2) is 32.0 Å². The molecule has 0 radical (unpaired) electrons. The van der Waals surface area contributed by atoms with Crippen LogP contribution >= 0.6 is 31.9 Å². The monoisotopic (exact) mass is 368 g/mol. The summed E-state index contributed by atoms with van der Waals surface area (Å²) in [5, 5.41) is 8.71. The van der Waals surface area contributed by atoms with Crippen LogP contribution in [0.5, 0.6) is 0 Å². The van der Waals surface area contributed by atoms with Crippen LogP contribution in [0.4, 0.5) is 30.7 Å². The van der Waals surface area contributed by atoms with Gasteiger partial charge in [0.25, 0.3) is 4.58 Å². The van der Waals surface area contributed by atoms with Gasteiger partial charge in [0.2, 0.25) is 4.51 Å². The van der Waals surface area contributed by atoms with Gasteiger partial charge in [-0.15, -0.1) is 0 Å². The molecule has 1 aliphatic rings. The van der Waals surface area contributed by atoms with Crippen molar-refractivity contribution in [2.24, 2.45) is 0 Å². The first-order valence-electron chi connectivity index (χ1n) is 3.17. The molecule has 0 saturated heterocycles. The molecule has 0 bridgehead atoms.